The van der Waals surface area contributed by atoms with E-state index in [1.165, 1.54) is 0 Å². The zero-order valence-electron chi connectivity index (χ0n) is 12.3. The third-order valence-corrected chi connectivity index (χ3v) is 2.60. The molecule has 0 aliphatic rings. The van der Waals surface area contributed by atoms with Gasteiger partial charge in [0.2, 0.25) is 0 Å². The highest BCUT2D eigenvalue weighted by Crippen LogP contribution is 2.16. The largest absolute Gasteiger partial charge is 0.444 e. The number of hydrogen-bond donors (Lipinski definition) is 3. The number of aliphatic hydroxyl groups excluding tert-OH is 2. The summed E-state index contributed by atoms with van der Waals surface area (Å²) in [4.78, 5) is 15.4. The van der Waals surface area contributed by atoms with Gasteiger partial charge in [0, 0.05) is 26.0 Å². The Morgan fingerprint density at radius 2 is 2.15 bits per heavy atom. The maximum absolute atomic E-state index is 11.4. The van der Waals surface area contributed by atoms with Crippen LogP contribution in [0.4, 0.5) is 4.79 Å². The molecular formula is C13H23N3O4. The molecule has 1 heterocycles. The molecule has 0 saturated heterocycles. The predicted octanol–water partition coefficient (Wildman–Crippen LogP) is 0.729. The number of hydrogen-bond acceptors (Lipinski definition) is 5. The summed E-state index contributed by atoms with van der Waals surface area (Å²) in [6.45, 7) is 5.52. The van der Waals surface area contributed by atoms with Gasteiger partial charge in [0.25, 0.3) is 0 Å². The molecule has 0 aromatic carbocycles. The summed E-state index contributed by atoms with van der Waals surface area (Å²) in [7, 11) is 1.73. The van der Waals surface area contributed by atoms with Crippen molar-refractivity contribution in [2.24, 2.45) is 7.05 Å². The number of aliphatic hydroxyl groups is 2. The molecular weight excluding hydrogens is 262 g/mol. The van der Waals surface area contributed by atoms with E-state index in [2.05, 4.69) is 10.3 Å². The Morgan fingerprint density at radius 3 is 2.65 bits per heavy atom. The lowest BCUT2D eigenvalue weighted by Gasteiger charge is -2.21. The van der Waals surface area contributed by atoms with E-state index < -0.39 is 23.9 Å². The number of carbonyl (C=O) groups is 1. The van der Waals surface area contributed by atoms with E-state index in [9.17, 15) is 15.0 Å². The molecule has 1 aromatic rings. The van der Waals surface area contributed by atoms with Gasteiger partial charge in [0.15, 0.2) is 0 Å². The smallest absolute Gasteiger partial charge is 0.407 e. The van der Waals surface area contributed by atoms with Gasteiger partial charge in [-0.05, 0) is 27.2 Å². The highest BCUT2D eigenvalue weighted by molar-refractivity contribution is 5.67. The summed E-state index contributed by atoms with van der Waals surface area (Å²) < 4.78 is 6.69. The summed E-state index contributed by atoms with van der Waals surface area (Å²) in [5, 5.41) is 22.3. The van der Waals surface area contributed by atoms with Gasteiger partial charge in [-0.2, -0.15) is 0 Å². The van der Waals surface area contributed by atoms with Crippen LogP contribution < -0.4 is 5.32 Å². The van der Waals surface area contributed by atoms with Crippen LogP contribution in [0.3, 0.4) is 0 Å². The number of amides is 1. The van der Waals surface area contributed by atoms with E-state index in [0.29, 0.717) is 5.82 Å². The number of rotatable bonds is 5. The Balaban J connectivity index is 2.35. The number of aryl methyl sites for hydroxylation is 1. The number of nitrogens with zero attached hydrogens (tertiary/aromatic N) is 2. The van der Waals surface area contributed by atoms with Gasteiger partial charge >= 0.3 is 6.09 Å². The predicted molar refractivity (Wildman–Crippen MR) is 73.0 cm³/mol. The van der Waals surface area contributed by atoms with E-state index in [4.69, 9.17) is 4.74 Å². The summed E-state index contributed by atoms with van der Waals surface area (Å²) in [6, 6.07) is 0. The topological polar surface area (TPSA) is 96.6 Å². The maximum Gasteiger partial charge on any atom is 0.407 e. The van der Waals surface area contributed by atoms with Gasteiger partial charge in [-0.15, -0.1) is 0 Å². The summed E-state index contributed by atoms with van der Waals surface area (Å²) in [5.74, 6) is 0.384. The van der Waals surface area contributed by atoms with Crippen LogP contribution in [0.15, 0.2) is 12.4 Å². The summed E-state index contributed by atoms with van der Waals surface area (Å²) in [5.41, 5.74) is -0.560. The van der Waals surface area contributed by atoms with E-state index in [0.717, 1.165) is 0 Å². The van der Waals surface area contributed by atoms with Crippen LogP contribution in [0.1, 0.15) is 39.1 Å². The van der Waals surface area contributed by atoms with Crippen molar-refractivity contribution in [3.05, 3.63) is 18.2 Å². The van der Waals surface area contributed by atoms with Crippen LogP contribution in [-0.4, -0.2) is 44.1 Å². The van der Waals surface area contributed by atoms with Crippen molar-refractivity contribution in [1.29, 1.82) is 0 Å². The maximum atomic E-state index is 11.4. The fraction of sp³-hybridized carbons (Fsp3) is 0.692. The Hall–Kier alpha value is -1.60. The third-order valence-electron chi connectivity index (χ3n) is 2.60. The van der Waals surface area contributed by atoms with E-state index in [1.54, 1.807) is 44.8 Å². The van der Waals surface area contributed by atoms with E-state index >= 15 is 0 Å². The molecule has 0 bridgehead atoms. The second-order valence-electron chi connectivity index (χ2n) is 5.63. The minimum absolute atomic E-state index is 0.202. The molecule has 20 heavy (non-hydrogen) atoms. The normalized spacial score (nSPS) is 14.7. The molecule has 0 radical (unpaired) electrons. The minimum Gasteiger partial charge on any atom is -0.444 e. The number of ether oxygens (including phenoxy) is 1. The summed E-state index contributed by atoms with van der Waals surface area (Å²) in [6.07, 6.45) is 0.791. The van der Waals surface area contributed by atoms with Crippen molar-refractivity contribution in [3.8, 4) is 0 Å². The van der Waals surface area contributed by atoms with Crippen LogP contribution in [0.25, 0.3) is 0 Å². The molecule has 1 rings (SSSR count). The second kappa shape index (κ2) is 6.71. The molecule has 114 valence electrons. The molecule has 7 nitrogen and oxygen atoms in total. The molecule has 7 heteroatoms. The molecule has 0 spiro atoms. The number of aromatic nitrogens is 2. The molecule has 1 amide bonds. The second-order valence-corrected chi connectivity index (χ2v) is 5.63. The Labute approximate surface area is 118 Å². The molecule has 0 aliphatic carbocycles. The fourth-order valence-electron chi connectivity index (χ4n) is 1.63. The Kier molecular flexibility index (Phi) is 5.52. The number of alkyl carbamates (subject to hydrolysis) is 1. The number of nitrogens with one attached hydrogen (secondary N) is 1. The van der Waals surface area contributed by atoms with Crippen LogP contribution >= 0.6 is 0 Å². The van der Waals surface area contributed by atoms with Gasteiger partial charge in [0.1, 0.15) is 17.5 Å². The Bertz CT molecular complexity index is 439. The first-order valence-corrected chi connectivity index (χ1v) is 6.51. The van der Waals surface area contributed by atoms with Crippen LogP contribution in [-0.2, 0) is 11.8 Å². The molecule has 2 unspecified atom stereocenters. The SMILES string of the molecule is Cn1ccnc1C(O)C(O)CCNC(=O)OC(C)(C)C. The van der Waals surface area contributed by atoms with Crippen molar-refractivity contribution in [2.45, 2.75) is 45.0 Å². The quantitative estimate of drug-likeness (QED) is 0.741. The molecule has 2 atom stereocenters. The van der Waals surface area contributed by atoms with Crippen molar-refractivity contribution in [2.75, 3.05) is 6.54 Å². The molecule has 0 aliphatic heterocycles. The molecule has 1 aromatic heterocycles. The van der Waals surface area contributed by atoms with Crippen molar-refractivity contribution >= 4 is 6.09 Å². The van der Waals surface area contributed by atoms with E-state index in [-0.39, 0.29) is 13.0 Å². The molecule has 0 fully saturated rings. The fourth-order valence-corrected chi connectivity index (χ4v) is 1.63. The van der Waals surface area contributed by atoms with Crippen LogP contribution in [0, 0.1) is 0 Å². The van der Waals surface area contributed by atoms with Gasteiger partial charge in [-0.25, -0.2) is 9.78 Å². The zero-order chi connectivity index (χ0) is 15.3. The average molecular weight is 285 g/mol. The molecule has 3 N–H and O–H groups in total. The van der Waals surface area contributed by atoms with Gasteiger partial charge in [-0.1, -0.05) is 0 Å². The van der Waals surface area contributed by atoms with Crippen molar-refractivity contribution in [1.82, 2.24) is 14.9 Å². The number of imidazole rings is 1. The lowest BCUT2D eigenvalue weighted by atomic mass is 10.1. The highest BCUT2D eigenvalue weighted by atomic mass is 16.6. The van der Waals surface area contributed by atoms with Crippen LogP contribution in [0.5, 0.6) is 0 Å². The first-order chi connectivity index (χ1) is 9.20. The van der Waals surface area contributed by atoms with Crippen molar-refractivity contribution < 1.29 is 19.7 Å². The monoisotopic (exact) mass is 285 g/mol. The average Bonchev–Trinajstić information content (AvgIpc) is 2.71. The third kappa shape index (κ3) is 5.18. The van der Waals surface area contributed by atoms with E-state index in [1.807, 2.05) is 0 Å². The first kappa shape index (κ1) is 16.5. The molecule has 0 saturated carbocycles. The van der Waals surface area contributed by atoms with Gasteiger partial charge < -0.3 is 24.8 Å². The van der Waals surface area contributed by atoms with Crippen molar-refractivity contribution in [3.63, 3.8) is 0 Å². The summed E-state index contributed by atoms with van der Waals surface area (Å²) >= 11 is 0. The lowest BCUT2D eigenvalue weighted by Crippen LogP contribution is -2.35. The highest BCUT2D eigenvalue weighted by Gasteiger charge is 2.22. The standard InChI is InChI=1S/C13H23N3O4/c1-13(2,3)20-12(19)15-6-5-9(17)10(18)11-14-7-8-16(11)4/h7-10,17-18H,5-6H2,1-4H3,(H,15,19). The minimum atomic E-state index is -1.09. The Morgan fingerprint density at radius 1 is 1.50 bits per heavy atom. The van der Waals surface area contributed by atoms with Gasteiger partial charge in [-0.3, -0.25) is 0 Å². The zero-order valence-corrected chi connectivity index (χ0v) is 12.3. The number of carbonyl (C=O) groups excluding carboxylic acids is 1. The lowest BCUT2D eigenvalue weighted by molar-refractivity contribution is 0.00592. The van der Waals surface area contributed by atoms with Crippen LogP contribution in [0.2, 0.25) is 0 Å². The van der Waals surface area contributed by atoms with Gasteiger partial charge in [0.05, 0.1) is 6.10 Å². The first-order valence-electron chi connectivity index (χ1n) is 6.51.